The Morgan fingerprint density at radius 1 is 1.07 bits per heavy atom. The molecule has 1 atom stereocenters. The molecule has 2 heterocycles. The second-order valence-corrected chi connectivity index (χ2v) is 7.54. The molecule has 0 saturated carbocycles. The molecule has 2 aromatic carbocycles. The average Bonchev–Trinajstić information content (AvgIpc) is 3.14. The molecule has 1 aliphatic rings. The van der Waals surface area contributed by atoms with Gasteiger partial charge in [0, 0.05) is 30.7 Å². The van der Waals surface area contributed by atoms with Gasteiger partial charge in [0.25, 0.3) is 0 Å². The van der Waals surface area contributed by atoms with Crippen LogP contribution in [0.1, 0.15) is 17.3 Å². The van der Waals surface area contributed by atoms with Crippen LogP contribution in [0.15, 0.2) is 60.8 Å². The van der Waals surface area contributed by atoms with E-state index < -0.39 is 0 Å². The Morgan fingerprint density at radius 2 is 1.86 bits per heavy atom. The standard InChI is InChI=1S/C21H18Cl2FN3O/c22-17-8-3-14(12-18(17)23)21-19-2-1-9-26(19)10-11-27(21)13-20(28)25-16-6-4-15(24)5-7-16/h1-9,12,21H,10-11,13H2,(H,25,28). The summed E-state index contributed by atoms with van der Waals surface area (Å²) in [5.74, 6) is -0.494. The number of anilines is 1. The van der Waals surface area contributed by atoms with Crippen LogP contribution in [-0.2, 0) is 11.3 Å². The third-order valence-corrected chi connectivity index (χ3v) is 5.61. The summed E-state index contributed by atoms with van der Waals surface area (Å²) < 4.78 is 15.2. The van der Waals surface area contributed by atoms with Gasteiger partial charge >= 0.3 is 0 Å². The molecule has 4 nitrogen and oxygen atoms in total. The Kier molecular flexibility index (Phi) is 5.40. The fourth-order valence-electron chi connectivity index (χ4n) is 3.58. The zero-order chi connectivity index (χ0) is 19.7. The molecule has 7 heteroatoms. The van der Waals surface area contributed by atoms with E-state index in [2.05, 4.69) is 20.9 Å². The van der Waals surface area contributed by atoms with Crippen LogP contribution in [0.25, 0.3) is 0 Å². The molecule has 4 rings (SSSR count). The third kappa shape index (κ3) is 3.92. The van der Waals surface area contributed by atoms with E-state index in [1.54, 1.807) is 18.2 Å². The summed E-state index contributed by atoms with van der Waals surface area (Å²) in [7, 11) is 0. The first kappa shape index (κ1) is 19.0. The summed E-state index contributed by atoms with van der Waals surface area (Å²) in [5.41, 5.74) is 2.64. The van der Waals surface area contributed by atoms with E-state index in [0.29, 0.717) is 22.3 Å². The molecular formula is C21H18Cl2FN3O. The highest BCUT2D eigenvalue weighted by Crippen LogP contribution is 2.35. The molecule has 1 aromatic heterocycles. The maximum absolute atomic E-state index is 13.1. The van der Waals surface area contributed by atoms with Gasteiger partial charge in [-0.25, -0.2) is 4.39 Å². The maximum Gasteiger partial charge on any atom is 0.238 e. The lowest BCUT2D eigenvalue weighted by Gasteiger charge is -2.37. The molecule has 28 heavy (non-hydrogen) atoms. The van der Waals surface area contributed by atoms with E-state index in [4.69, 9.17) is 23.2 Å². The van der Waals surface area contributed by atoms with E-state index >= 15 is 0 Å². The minimum Gasteiger partial charge on any atom is -0.348 e. The predicted octanol–water partition coefficient (Wildman–Crippen LogP) is 4.98. The van der Waals surface area contributed by atoms with Crippen molar-refractivity contribution in [3.63, 3.8) is 0 Å². The van der Waals surface area contributed by atoms with E-state index in [1.165, 1.54) is 12.1 Å². The van der Waals surface area contributed by atoms with Crippen LogP contribution >= 0.6 is 23.2 Å². The van der Waals surface area contributed by atoms with Crippen molar-refractivity contribution in [2.45, 2.75) is 12.6 Å². The molecule has 1 aliphatic heterocycles. The molecular weight excluding hydrogens is 400 g/mol. The molecule has 1 unspecified atom stereocenters. The van der Waals surface area contributed by atoms with Crippen molar-refractivity contribution in [3.8, 4) is 0 Å². The number of nitrogens with one attached hydrogen (secondary N) is 1. The van der Waals surface area contributed by atoms with Crippen LogP contribution in [0.4, 0.5) is 10.1 Å². The molecule has 0 aliphatic carbocycles. The van der Waals surface area contributed by atoms with Crippen molar-refractivity contribution >= 4 is 34.8 Å². The number of aromatic nitrogens is 1. The second-order valence-electron chi connectivity index (χ2n) is 6.73. The van der Waals surface area contributed by atoms with Gasteiger partial charge in [0.05, 0.1) is 22.6 Å². The molecule has 1 amide bonds. The summed E-state index contributed by atoms with van der Waals surface area (Å²) >= 11 is 12.3. The van der Waals surface area contributed by atoms with Crippen LogP contribution in [0.3, 0.4) is 0 Å². The van der Waals surface area contributed by atoms with Crippen LogP contribution in [0.5, 0.6) is 0 Å². The number of hydrogen-bond acceptors (Lipinski definition) is 2. The van der Waals surface area contributed by atoms with Gasteiger partial charge < -0.3 is 9.88 Å². The number of halogens is 3. The largest absolute Gasteiger partial charge is 0.348 e. The molecule has 0 radical (unpaired) electrons. The summed E-state index contributed by atoms with van der Waals surface area (Å²) in [6.45, 7) is 1.71. The Labute approximate surface area is 172 Å². The second kappa shape index (κ2) is 7.95. The highest BCUT2D eigenvalue weighted by Gasteiger charge is 2.30. The van der Waals surface area contributed by atoms with Gasteiger partial charge in [-0.15, -0.1) is 0 Å². The Bertz CT molecular complexity index is 1000. The Morgan fingerprint density at radius 3 is 2.61 bits per heavy atom. The Hall–Kier alpha value is -2.34. The van der Waals surface area contributed by atoms with E-state index in [1.807, 2.05) is 24.4 Å². The number of amides is 1. The summed E-state index contributed by atoms with van der Waals surface area (Å²) in [4.78, 5) is 14.7. The molecule has 0 spiro atoms. The number of carbonyl (C=O) groups is 1. The number of benzene rings is 2. The van der Waals surface area contributed by atoms with Crippen molar-refractivity contribution in [1.29, 1.82) is 0 Å². The quantitative estimate of drug-likeness (QED) is 0.649. The van der Waals surface area contributed by atoms with Crippen LogP contribution in [0, 0.1) is 5.82 Å². The van der Waals surface area contributed by atoms with Gasteiger partial charge in [0.15, 0.2) is 0 Å². The molecule has 0 fully saturated rings. The SMILES string of the molecule is O=C(CN1CCn2cccc2C1c1ccc(Cl)c(Cl)c1)Nc1ccc(F)cc1. The molecule has 3 aromatic rings. The zero-order valence-electron chi connectivity index (χ0n) is 14.9. The molecule has 1 N–H and O–H groups in total. The van der Waals surface area contributed by atoms with Crippen LogP contribution in [-0.4, -0.2) is 28.5 Å². The lowest BCUT2D eigenvalue weighted by Crippen LogP contribution is -2.42. The van der Waals surface area contributed by atoms with Crippen LogP contribution in [0.2, 0.25) is 10.0 Å². The highest BCUT2D eigenvalue weighted by molar-refractivity contribution is 6.42. The average molecular weight is 418 g/mol. The minimum absolute atomic E-state index is 0.113. The fourth-order valence-corrected chi connectivity index (χ4v) is 3.89. The van der Waals surface area contributed by atoms with Crippen molar-refractivity contribution in [2.24, 2.45) is 0 Å². The lowest BCUT2D eigenvalue weighted by molar-refractivity contribution is -0.117. The van der Waals surface area contributed by atoms with E-state index in [9.17, 15) is 9.18 Å². The summed E-state index contributed by atoms with van der Waals surface area (Å²) in [5, 5.41) is 3.81. The minimum atomic E-state index is -0.338. The molecule has 144 valence electrons. The Balaban J connectivity index is 1.58. The smallest absolute Gasteiger partial charge is 0.238 e. The number of carbonyl (C=O) groups excluding carboxylic acids is 1. The van der Waals surface area contributed by atoms with Gasteiger partial charge in [-0.05, 0) is 54.1 Å². The summed E-state index contributed by atoms with van der Waals surface area (Å²) in [6.07, 6.45) is 2.04. The predicted molar refractivity (Wildman–Crippen MR) is 109 cm³/mol. The fraction of sp³-hybridized carbons (Fsp3) is 0.190. The number of rotatable bonds is 4. The van der Waals surface area contributed by atoms with Crippen molar-refractivity contribution in [3.05, 3.63) is 87.9 Å². The van der Waals surface area contributed by atoms with Gasteiger partial charge in [-0.2, -0.15) is 0 Å². The number of fused-ring (bicyclic) bond motifs is 1. The maximum atomic E-state index is 13.1. The highest BCUT2D eigenvalue weighted by atomic mass is 35.5. The van der Waals surface area contributed by atoms with E-state index in [-0.39, 0.29) is 24.3 Å². The van der Waals surface area contributed by atoms with Crippen molar-refractivity contribution < 1.29 is 9.18 Å². The topological polar surface area (TPSA) is 37.3 Å². The number of hydrogen-bond donors (Lipinski definition) is 1. The monoisotopic (exact) mass is 417 g/mol. The van der Waals surface area contributed by atoms with Gasteiger partial charge in [-0.1, -0.05) is 29.3 Å². The van der Waals surface area contributed by atoms with Gasteiger partial charge in [-0.3, -0.25) is 9.69 Å². The lowest BCUT2D eigenvalue weighted by atomic mass is 10.00. The van der Waals surface area contributed by atoms with E-state index in [0.717, 1.165) is 17.8 Å². The molecule has 0 bridgehead atoms. The normalized spacial score (nSPS) is 16.6. The first-order valence-electron chi connectivity index (χ1n) is 8.91. The zero-order valence-corrected chi connectivity index (χ0v) is 16.4. The van der Waals surface area contributed by atoms with Crippen LogP contribution < -0.4 is 5.32 Å². The van der Waals surface area contributed by atoms with Crippen molar-refractivity contribution in [2.75, 3.05) is 18.4 Å². The first-order valence-corrected chi connectivity index (χ1v) is 9.66. The van der Waals surface area contributed by atoms with Gasteiger partial charge in [0.2, 0.25) is 5.91 Å². The first-order chi connectivity index (χ1) is 13.5. The molecule has 0 saturated heterocycles. The third-order valence-electron chi connectivity index (χ3n) is 4.87. The van der Waals surface area contributed by atoms with Crippen molar-refractivity contribution in [1.82, 2.24) is 9.47 Å². The van der Waals surface area contributed by atoms with Gasteiger partial charge in [0.1, 0.15) is 5.82 Å². The number of nitrogens with zero attached hydrogens (tertiary/aromatic N) is 2. The summed E-state index contributed by atoms with van der Waals surface area (Å²) in [6, 6.07) is 15.2.